The van der Waals surface area contributed by atoms with Crippen LogP contribution in [-0.2, 0) is 20.9 Å². The van der Waals surface area contributed by atoms with Crippen molar-refractivity contribution in [1.29, 1.82) is 0 Å². The number of methoxy groups -OCH3 is 1. The molecule has 148 valence electrons. The first-order chi connectivity index (χ1) is 14.2. The van der Waals surface area contributed by atoms with E-state index in [-0.39, 0.29) is 5.91 Å². The molecule has 2 atom stereocenters. The van der Waals surface area contributed by atoms with E-state index in [0.29, 0.717) is 12.1 Å². The van der Waals surface area contributed by atoms with Crippen molar-refractivity contribution in [1.82, 2.24) is 10.6 Å². The summed E-state index contributed by atoms with van der Waals surface area (Å²) in [5, 5.41) is 6.14. The molecule has 0 saturated heterocycles. The molecule has 0 aliphatic heterocycles. The normalized spacial score (nSPS) is 12.6. The van der Waals surface area contributed by atoms with Crippen molar-refractivity contribution in [3.63, 3.8) is 0 Å². The lowest BCUT2D eigenvalue weighted by atomic mass is 10.0. The van der Waals surface area contributed by atoms with Gasteiger partial charge in [-0.15, -0.1) is 0 Å². The van der Waals surface area contributed by atoms with Crippen LogP contribution in [0.4, 0.5) is 0 Å². The summed E-state index contributed by atoms with van der Waals surface area (Å²) in [6.07, 6.45) is 0. The average Bonchev–Trinajstić information content (AvgIpc) is 2.79. The molecule has 0 spiro atoms. The van der Waals surface area contributed by atoms with Crippen LogP contribution in [0.1, 0.15) is 28.8 Å². The first-order valence-corrected chi connectivity index (χ1v) is 9.44. The molecule has 2 N–H and O–H groups in total. The summed E-state index contributed by atoms with van der Waals surface area (Å²) in [5.74, 6) is -0.814. The minimum Gasteiger partial charge on any atom is -0.467 e. The van der Waals surface area contributed by atoms with Gasteiger partial charge in [0.2, 0.25) is 5.91 Å². The molecule has 5 nitrogen and oxygen atoms in total. The van der Waals surface area contributed by atoms with Gasteiger partial charge in [-0.1, -0.05) is 91.0 Å². The third-order valence-corrected chi connectivity index (χ3v) is 4.60. The second kappa shape index (κ2) is 10.2. The Balaban J connectivity index is 1.82. The summed E-state index contributed by atoms with van der Waals surface area (Å²) in [6.45, 7) is 0.516. The fourth-order valence-corrected chi connectivity index (χ4v) is 3.09. The van der Waals surface area contributed by atoms with Crippen molar-refractivity contribution in [3.05, 3.63) is 108 Å². The summed E-state index contributed by atoms with van der Waals surface area (Å²) in [7, 11) is 1.31. The number of hydrogen-bond acceptors (Lipinski definition) is 4. The second-order valence-corrected chi connectivity index (χ2v) is 6.59. The predicted octanol–water partition coefficient (Wildman–Crippen LogP) is 3.55. The van der Waals surface area contributed by atoms with Crippen LogP contribution in [0.5, 0.6) is 0 Å². The number of carbonyl (C=O) groups excluding carboxylic acids is 2. The minimum absolute atomic E-state index is 0.300. The Morgan fingerprint density at radius 2 is 1.24 bits per heavy atom. The monoisotopic (exact) mass is 388 g/mol. The minimum atomic E-state index is -0.876. The van der Waals surface area contributed by atoms with E-state index in [2.05, 4.69) is 10.6 Å². The maximum absolute atomic E-state index is 13.2. The molecule has 0 fully saturated rings. The third kappa shape index (κ3) is 5.53. The number of amides is 1. The topological polar surface area (TPSA) is 67.4 Å². The van der Waals surface area contributed by atoms with Crippen molar-refractivity contribution in [2.24, 2.45) is 0 Å². The molecule has 0 radical (unpaired) electrons. The van der Waals surface area contributed by atoms with Crippen molar-refractivity contribution in [2.75, 3.05) is 7.11 Å². The van der Waals surface area contributed by atoms with E-state index in [9.17, 15) is 9.59 Å². The standard InChI is InChI=1S/C24H24N2O3/c1-29-24(28)22(20-15-9-4-10-16-20)26-23(27)21(19-13-7-3-8-14-19)25-17-18-11-5-2-6-12-18/h2-16,21-22,25H,17H2,1H3,(H,26,27)/t21-,22+/m1/s1. The predicted molar refractivity (Wildman–Crippen MR) is 112 cm³/mol. The summed E-state index contributed by atoms with van der Waals surface area (Å²) in [4.78, 5) is 25.5. The largest absolute Gasteiger partial charge is 0.467 e. The van der Waals surface area contributed by atoms with Crippen LogP contribution in [0.3, 0.4) is 0 Å². The average molecular weight is 388 g/mol. The highest BCUT2D eigenvalue weighted by Gasteiger charge is 2.28. The van der Waals surface area contributed by atoms with Crippen LogP contribution in [0.2, 0.25) is 0 Å². The van der Waals surface area contributed by atoms with E-state index in [1.54, 1.807) is 12.1 Å². The second-order valence-electron chi connectivity index (χ2n) is 6.59. The molecular weight excluding hydrogens is 364 g/mol. The molecule has 3 aromatic rings. The summed E-state index contributed by atoms with van der Waals surface area (Å²) in [5.41, 5.74) is 2.55. The third-order valence-electron chi connectivity index (χ3n) is 4.60. The zero-order valence-corrected chi connectivity index (χ0v) is 16.2. The van der Waals surface area contributed by atoms with Crippen LogP contribution in [0.15, 0.2) is 91.0 Å². The molecular formula is C24H24N2O3. The molecule has 0 bridgehead atoms. The van der Waals surface area contributed by atoms with E-state index in [1.165, 1.54) is 7.11 Å². The first kappa shape index (κ1) is 20.3. The van der Waals surface area contributed by atoms with E-state index in [1.807, 2.05) is 78.9 Å². The molecule has 5 heteroatoms. The number of carbonyl (C=O) groups is 2. The Morgan fingerprint density at radius 3 is 1.76 bits per heavy atom. The number of esters is 1. The van der Waals surface area contributed by atoms with Gasteiger partial charge in [-0.25, -0.2) is 4.79 Å². The highest BCUT2D eigenvalue weighted by Crippen LogP contribution is 2.19. The SMILES string of the molecule is COC(=O)[C@@H](NC(=O)[C@H](NCc1ccccc1)c1ccccc1)c1ccccc1. The molecule has 0 aromatic heterocycles. The highest BCUT2D eigenvalue weighted by molar-refractivity contribution is 5.89. The number of ether oxygens (including phenoxy) is 1. The Morgan fingerprint density at radius 1 is 0.759 bits per heavy atom. The quantitative estimate of drug-likeness (QED) is 0.579. The lowest BCUT2D eigenvalue weighted by molar-refractivity contribution is -0.145. The molecule has 0 saturated carbocycles. The lowest BCUT2D eigenvalue weighted by Crippen LogP contribution is -2.42. The number of hydrogen-bond donors (Lipinski definition) is 2. The number of nitrogens with one attached hydrogen (secondary N) is 2. The molecule has 0 aliphatic rings. The summed E-state index contributed by atoms with van der Waals surface area (Å²) in [6, 6.07) is 26.9. The van der Waals surface area contributed by atoms with Crippen LogP contribution in [0.25, 0.3) is 0 Å². The van der Waals surface area contributed by atoms with E-state index < -0.39 is 18.1 Å². The lowest BCUT2D eigenvalue weighted by Gasteiger charge is -2.23. The number of benzene rings is 3. The zero-order chi connectivity index (χ0) is 20.5. The van der Waals surface area contributed by atoms with Crippen molar-refractivity contribution < 1.29 is 14.3 Å². The molecule has 3 aromatic carbocycles. The Kier molecular flexibility index (Phi) is 7.14. The Labute approximate surface area is 170 Å². The molecule has 3 rings (SSSR count). The molecule has 0 unspecified atom stereocenters. The first-order valence-electron chi connectivity index (χ1n) is 9.44. The highest BCUT2D eigenvalue weighted by atomic mass is 16.5. The molecule has 0 aliphatic carbocycles. The van der Waals surface area contributed by atoms with Gasteiger partial charge in [-0.05, 0) is 16.7 Å². The maximum atomic E-state index is 13.2. The molecule has 1 amide bonds. The van der Waals surface area contributed by atoms with Crippen molar-refractivity contribution >= 4 is 11.9 Å². The summed E-state index contributed by atoms with van der Waals surface area (Å²) < 4.78 is 4.91. The Hall–Kier alpha value is -3.44. The van der Waals surface area contributed by atoms with E-state index in [4.69, 9.17) is 4.74 Å². The van der Waals surface area contributed by atoms with Crippen LogP contribution in [0, 0.1) is 0 Å². The van der Waals surface area contributed by atoms with E-state index >= 15 is 0 Å². The summed E-state index contributed by atoms with van der Waals surface area (Å²) >= 11 is 0. The van der Waals surface area contributed by atoms with Gasteiger partial charge in [0.15, 0.2) is 6.04 Å². The fraction of sp³-hybridized carbons (Fsp3) is 0.167. The van der Waals surface area contributed by atoms with Gasteiger partial charge in [0, 0.05) is 6.54 Å². The Bertz CT molecular complexity index is 915. The molecule has 0 heterocycles. The van der Waals surface area contributed by atoms with Crippen LogP contribution >= 0.6 is 0 Å². The van der Waals surface area contributed by atoms with Gasteiger partial charge in [-0.2, -0.15) is 0 Å². The van der Waals surface area contributed by atoms with Gasteiger partial charge >= 0.3 is 5.97 Å². The van der Waals surface area contributed by atoms with Gasteiger partial charge in [-0.3, -0.25) is 10.1 Å². The van der Waals surface area contributed by atoms with Crippen molar-refractivity contribution in [3.8, 4) is 0 Å². The van der Waals surface area contributed by atoms with Crippen LogP contribution in [-0.4, -0.2) is 19.0 Å². The van der Waals surface area contributed by atoms with Gasteiger partial charge in [0.05, 0.1) is 7.11 Å². The zero-order valence-electron chi connectivity index (χ0n) is 16.2. The van der Waals surface area contributed by atoms with Gasteiger partial charge in [0.1, 0.15) is 6.04 Å². The van der Waals surface area contributed by atoms with Gasteiger partial charge < -0.3 is 10.1 Å². The van der Waals surface area contributed by atoms with Gasteiger partial charge in [0.25, 0.3) is 0 Å². The maximum Gasteiger partial charge on any atom is 0.333 e. The number of rotatable bonds is 8. The molecule has 29 heavy (non-hydrogen) atoms. The van der Waals surface area contributed by atoms with Crippen LogP contribution < -0.4 is 10.6 Å². The fourth-order valence-electron chi connectivity index (χ4n) is 3.09. The van der Waals surface area contributed by atoms with Crippen molar-refractivity contribution in [2.45, 2.75) is 18.6 Å². The smallest absolute Gasteiger partial charge is 0.333 e. The van der Waals surface area contributed by atoms with E-state index in [0.717, 1.165) is 11.1 Å².